The van der Waals surface area contributed by atoms with Gasteiger partial charge in [0.1, 0.15) is 6.61 Å². The summed E-state index contributed by atoms with van der Waals surface area (Å²) in [5.74, 6) is 0.280. The van der Waals surface area contributed by atoms with E-state index in [4.69, 9.17) is 4.74 Å². The normalized spacial score (nSPS) is 9.88. The van der Waals surface area contributed by atoms with Crippen molar-refractivity contribution in [3.63, 3.8) is 0 Å². The van der Waals surface area contributed by atoms with Gasteiger partial charge >= 0.3 is 0 Å². The van der Waals surface area contributed by atoms with E-state index in [2.05, 4.69) is 10.1 Å². The molecule has 0 aromatic heterocycles. The van der Waals surface area contributed by atoms with Crippen LogP contribution in [0.25, 0.3) is 0 Å². The molecule has 1 amide bonds. The molecule has 1 aromatic carbocycles. The van der Waals surface area contributed by atoms with Crippen LogP contribution < -0.4 is 10.1 Å². The Hall–Kier alpha value is -1.75. The Bertz CT molecular complexity index is 365. The molecule has 16 heavy (non-hydrogen) atoms. The zero-order valence-corrected chi connectivity index (χ0v) is 9.32. The minimum absolute atomic E-state index is 0.0369. The van der Waals surface area contributed by atoms with Crippen LogP contribution in [0.2, 0.25) is 0 Å². The zero-order chi connectivity index (χ0) is 12.0. The summed E-state index contributed by atoms with van der Waals surface area (Å²) >= 11 is 0. The molecule has 0 aliphatic rings. The van der Waals surface area contributed by atoms with Gasteiger partial charge in [0, 0.05) is 13.7 Å². The Kier molecular flexibility index (Phi) is 4.60. The van der Waals surface area contributed by atoms with Crippen LogP contribution in [0.1, 0.15) is 5.56 Å². The highest BCUT2D eigenvalue weighted by molar-refractivity contribution is 5.77. The quantitative estimate of drug-likeness (QED) is 0.772. The molecule has 0 radical (unpaired) electrons. The lowest BCUT2D eigenvalue weighted by molar-refractivity contribution is -0.124. The molecule has 0 aliphatic carbocycles. The first kappa shape index (κ1) is 12.3. The molecule has 2 N–H and O–H groups in total. The molecule has 0 fully saturated rings. The second kappa shape index (κ2) is 5.97. The van der Waals surface area contributed by atoms with Crippen molar-refractivity contribution in [3.8, 4) is 11.5 Å². The van der Waals surface area contributed by atoms with Gasteiger partial charge in [-0.2, -0.15) is 0 Å². The minimum atomic E-state index is -0.186. The van der Waals surface area contributed by atoms with Crippen molar-refractivity contribution in [2.24, 2.45) is 0 Å². The number of carbonyl (C=O) groups excluding carboxylic acids is 1. The van der Waals surface area contributed by atoms with Crippen LogP contribution in [0.5, 0.6) is 11.5 Å². The van der Waals surface area contributed by atoms with Crippen molar-refractivity contribution in [2.75, 3.05) is 20.8 Å². The Morgan fingerprint density at radius 3 is 2.81 bits per heavy atom. The second-order valence-electron chi connectivity index (χ2n) is 3.22. The number of benzene rings is 1. The third-order valence-corrected chi connectivity index (χ3v) is 2.01. The van der Waals surface area contributed by atoms with Gasteiger partial charge in [0.15, 0.2) is 11.5 Å². The highest BCUT2D eigenvalue weighted by atomic mass is 16.5. The minimum Gasteiger partial charge on any atom is -0.504 e. The third-order valence-electron chi connectivity index (χ3n) is 2.01. The molecule has 1 rings (SSSR count). The summed E-state index contributed by atoms with van der Waals surface area (Å²) < 4.78 is 9.63. The first-order valence-electron chi connectivity index (χ1n) is 4.79. The Balaban J connectivity index is 2.57. The van der Waals surface area contributed by atoms with E-state index >= 15 is 0 Å². The highest BCUT2D eigenvalue weighted by Crippen LogP contribution is 2.25. The topological polar surface area (TPSA) is 67.8 Å². The number of methoxy groups -OCH3 is 2. The standard InChI is InChI=1S/C11H15NO4/c1-15-7-11(14)12-6-8-3-4-9(13)10(5-8)16-2/h3-5,13H,6-7H2,1-2H3,(H,12,14). The number of ether oxygens (including phenoxy) is 2. The summed E-state index contributed by atoms with van der Waals surface area (Å²) in [7, 11) is 2.94. The molecule has 88 valence electrons. The number of aromatic hydroxyl groups is 1. The van der Waals surface area contributed by atoms with Gasteiger partial charge in [-0.1, -0.05) is 6.07 Å². The lowest BCUT2D eigenvalue weighted by atomic mass is 10.2. The van der Waals surface area contributed by atoms with Gasteiger partial charge in [-0.05, 0) is 17.7 Å². The molecule has 0 heterocycles. The van der Waals surface area contributed by atoms with Gasteiger partial charge in [0.05, 0.1) is 7.11 Å². The van der Waals surface area contributed by atoms with Crippen LogP contribution in [-0.4, -0.2) is 31.8 Å². The number of carbonyl (C=O) groups is 1. The largest absolute Gasteiger partial charge is 0.504 e. The van der Waals surface area contributed by atoms with Crippen LogP contribution in [0.4, 0.5) is 0 Å². The summed E-state index contributed by atoms with van der Waals surface area (Å²) in [6, 6.07) is 4.91. The molecule has 0 atom stereocenters. The molecule has 5 heteroatoms. The van der Waals surface area contributed by atoms with Crippen LogP contribution in [0.3, 0.4) is 0 Å². The number of hydrogen-bond acceptors (Lipinski definition) is 4. The predicted molar refractivity (Wildman–Crippen MR) is 58.4 cm³/mol. The summed E-state index contributed by atoms with van der Waals surface area (Å²) in [5.41, 5.74) is 0.846. The zero-order valence-electron chi connectivity index (χ0n) is 9.32. The number of rotatable bonds is 5. The average molecular weight is 225 g/mol. The Morgan fingerprint density at radius 1 is 1.44 bits per heavy atom. The summed E-state index contributed by atoms with van der Waals surface area (Å²) in [5, 5.41) is 12.0. The predicted octanol–water partition coefficient (Wildman–Crippen LogP) is 0.663. The van der Waals surface area contributed by atoms with Crippen molar-refractivity contribution in [2.45, 2.75) is 6.54 Å². The number of amides is 1. The van der Waals surface area contributed by atoms with Crippen LogP contribution in [0, 0.1) is 0 Å². The van der Waals surface area contributed by atoms with Gasteiger partial charge < -0.3 is 19.9 Å². The maximum absolute atomic E-state index is 11.1. The fourth-order valence-electron chi connectivity index (χ4n) is 1.21. The van der Waals surface area contributed by atoms with Crippen molar-refractivity contribution < 1.29 is 19.4 Å². The number of hydrogen-bond donors (Lipinski definition) is 2. The molecule has 0 spiro atoms. The summed E-state index contributed by atoms with van der Waals surface area (Å²) in [6.45, 7) is 0.411. The van der Waals surface area contributed by atoms with Gasteiger partial charge in [-0.15, -0.1) is 0 Å². The smallest absolute Gasteiger partial charge is 0.246 e. The van der Waals surface area contributed by atoms with E-state index < -0.39 is 0 Å². The lowest BCUT2D eigenvalue weighted by Crippen LogP contribution is -2.26. The second-order valence-corrected chi connectivity index (χ2v) is 3.22. The average Bonchev–Trinajstić information content (AvgIpc) is 2.28. The van der Waals surface area contributed by atoms with Crippen LogP contribution >= 0.6 is 0 Å². The molecule has 5 nitrogen and oxygen atoms in total. The van der Waals surface area contributed by atoms with Crippen molar-refractivity contribution >= 4 is 5.91 Å². The van der Waals surface area contributed by atoms with E-state index in [1.54, 1.807) is 12.1 Å². The molecular formula is C11H15NO4. The number of nitrogens with one attached hydrogen (secondary N) is 1. The molecule has 0 bridgehead atoms. The van der Waals surface area contributed by atoms with Gasteiger partial charge in [-0.3, -0.25) is 4.79 Å². The summed E-state index contributed by atoms with van der Waals surface area (Å²) in [4.78, 5) is 11.1. The molecule has 0 unspecified atom stereocenters. The van der Waals surface area contributed by atoms with Gasteiger partial charge in [-0.25, -0.2) is 0 Å². The van der Waals surface area contributed by atoms with E-state index in [1.807, 2.05) is 0 Å². The molecule has 0 aliphatic heterocycles. The Morgan fingerprint density at radius 2 is 2.19 bits per heavy atom. The van der Waals surface area contributed by atoms with E-state index in [0.717, 1.165) is 5.56 Å². The van der Waals surface area contributed by atoms with Gasteiger partial charge in [0.2, 0.25) is 5.91 Å². The maximum Gasteiger partial charge on any atom is 0.246 e. The molecule has 1 aromatic rings. The highest BCUT2D eigenvalue weighted by Gasteiger charge is 2.04. The van der Waals surface area contributed by atoms with E-state index in [0.29, 0.717) is 12.3 Å². The first-order chi connectivity index (χ1) is 7.67. The van der Waals surface area contributed by atoms with Crippen molar-refractivity contribution in [1.82, 2.24) is 5.32 Å². The fourth-order valence-corrected chi connectivity index (χ4v) is 1.21. The third kappa shape index (κ3) is 3.43. The first-order valence-corrected chi connectivity index (χ1v) is 4.79. The van der Waals surface area contributed by atoms with Crippen molar-refractivity contribution in [1.29, 1.82) is 0 Å². The van der Waals surface area contributed by atoms with E-state index in [9.17, 15) is 9.90 Å². The monoisotopic (exact) mass is 225 g/mol. The number of phenols is 1. The fraction of sp³-hybridized carbons (Fsp3) is 0.364. The van der Waals surface area contributed by atoms with Gasteiger partial charge in [0.25, 0.3) is 0 Å². The summed E-state index contributed by atoms with van der Waals surface area (Å²) in [6.07, 6.45) is 0. The lowest BCUT2D eigenvalue weighted by Gasteiger charge is -2.07. The molecule has 0 saturated heterocycles. The van der Waals surface area contributed by atoms with Crippen LogP contribution in [0.15, 0.2) is 18.2 Å². The van der Waals surface area contributed by atoms with E-state index in [1.165, 1.54) is 20.3 Å². The molecular weight excluding hydrogens is 210 g/mol. The number of phenolic OH excluding ortho intramolecular Hbond substituents is 1. The molecule has 0 saturated carbocycles. The van der Waals surface area contributed by atoms with Crippen molar-refractivity contribution in [3.05, 3.63) is 23.8 Å². The maximum atomic E-state index is 11.1. The van der Waals surface area contributed by atoms with Crippen LogP contribution in [-0.2, 0) is 16.1 Å². The van der Waals surface area contributed by atoms with E-state index in [-0.39, 0.29) is 18.3 Å². The Labute approximate surface area is 94.0 Å². The SMILES string of the molecule is COCC(=O)NCc1ccc(O)c(OC)c1.